The van der Waals surface area contributed by atoms with Gasteiger partial charge in [-0.2, -0.15) is 0 Å². The van der Waals surface area contributed by atoms with Gasteiger partial charge in [0.25, 0.3) is 11.8 Å². The summed E-state index contributed by atoms with van der Waals surface area (Å²) in [6, 6.07) is 20.5. The quantitative estimate of drug-likeness (QED) is 0.0640. The average Bonchev–Trinajstić information content (AvgIpc) is 3.08. The summed E-state index contributed by atoms with van der Waals surface area (Å²) in [5.74, 6) is -3.95. The van der Waals surface area contributed by atoms with Gasteiger partial charge in [-0.1, -0.05) is 0 Å². The summed E-state index contributed by atoms with van der Waals surface area (Å²) < 4.78 is 12.2. The molecule has 0 bridgehead atoms. The zero-order valence-corrected chi connectivity index (χ0v) is 26.4. The second-order valence-corrected chi connectivity index (χ2v) is 11.2. The van der Waals surface area contributed by atoms with Gasteiger partial charge in [0, 0.05) is 24.5 Å². The van der Waals surface area contributed by atoms with Gasteiger partial charge in [0.1, 0.15) is 23.0 Å². The van der Waals surface area contributed by atoms with Crippen LogP contribution < -0.4 is 31.6 Å². The first-order valence-electron chi connectivity index (χ1n) is 15.2. The first kappa shape index (κ1) is 34.4. The molecule has 0 aromatic heterocycles. The Bertz CT molecular complexity index is 1840. The van der Waals surface area contributed by atoms with Crippen molar-refractivity contribution in [1.29, 1.82) is 0 Å². The van der Waals surface area contributed by atoms with E-state index in [2.05, 4.69) is 10.6 Å². The number of rotatable bonds is 12. The maximum Gasteiger partial charge on any atom is 0.255 e. The fraction of sp³-hybridized carbons (Fsp3) is 0.111. The van der Waals surface area contributed by atoms with E-state index in [0.29, 0.717) is 34.0 Å². The molecule has 5 rings (SSSR count). The van der Waals surface area contributed by atoms with E-state index in [9.17, 15) is 40.2 Å². The minimum atomic E-state index is -0.654. The fourth-order valence-electron chi connectivity index (χ4n) is 4.85. The Morgan fingerprint density at radius 3 is 1.16 bits per heavy atom. The van der Waals surface area contributed by atoms with Gasteiger partial charge in [-0.15, -0.1) is 0 Å². The van der Waals surface area contributed by atoms with E-state index in [0.717, 1.165) is 0 Å². The number of phenolic OH excluding ortho intramolecular Hbond substituents is 6. The lowest BCUT2D eigenvalue weighted by Crippen LogP contribution is -2.28. The number of amides is 2. The van der Waals surface area contributed by atoms with Gasteiger partial charge in [0.05, 0.1) is 11.1 Å². The molecule has 14 nitrogen and oxygen atoms in total. The molecule has 50 heavy (non-hydrogen) atoms. The van der Waals surface area contributed by atoms with E-state index < -0.39 is 46.3 Å². The van der Waals surface area contributed by atoms with Crippen LogP contribution in [-0.2, 0) is 12.8 Å². The average molecular weight is 683 g/mol. The van der Waals surface area contributed by atoms with Gasteiger partial charge in [-0.3, -0.25) is 9.59 Å². The monoisotopic (exact) mass is 682 g/mol. The number of hydrogen-bond donors (Lipinski definition) is 10. The summed E-state index contributed by atoms with van der Waals surface area (Å²) >= 11 is 0. The van der Waals surface area contributed by atoms with E-state index in [4.69, 9.17) is 20.9 Å². The van der Waals surface area contributed by atoms with Crippen LogP contribution in [0.2, 0.25) is 0 Å². The summed E-state index contributed by atoms with van der Waals surface area (Å²) in [4.78, 5) is 27.3. The van der Waals surface area contributed by atoms with Crippen LogP contribution in [0, 0.1) is 0 Å². The molecule has 14 heteroatoms. The number of phenols is 6. The fourth-order valence-corrected chi connectivity index (χ4v) is 4.85. The number of nitrogen functional groups attached to an aromatic ring is 2. The van der Waals surface area contributed by atoms with Crippen LogP contribution in [-0.4, -0.2) is 55.5 Å². The van der Waals surface area contributed by atoms with E-state index in [1.807, 2.05) is 0 Å². The molecule has 5 aromatic rings. The number of carbonyl (C=O) groups excluding carboxylic acids is 2. The van der Waals surface area contributed by atoms with Crippen molar-refractivity contribution in [3.8, 4) is 57.5 Å². The number of carbonyl (C=O) groups is 2. The predicted octanol–water partition coefficient (Wildman–Crippen LogP) is 4.61. The highest BCUT2D eigenvalue weighted by Crippen LogP contribution is 2.38. The Labute approximate surface area is 285 Å². The van der Waals surface area contributed by atoms with Gasteiger partial charge in [-0.25, -0.2) is 0 Å². The summed E-state index contributed by atoms with van der Waals surface area (Å²) in [5.41, 5.74) is 13.5. The highest BCUT2D eigenvalue weighted by Gasteiger charge is 2.23. The van der Waals surface area contributed by atoms with Crippen molar-refractivity contribution in [2.45, 2.75) is 12.8 Å². The minimum absolute atomic E-state index is 0.00428. The Hall–Kier alpha value is -6.96. The third-order valence-corrected chi connectivity index (χ3v) is 7.44. The normalized spacial score (nSPS) is 10.7. The van der Waals surface area contributed by atoms with E-state index >= 15 is 0 Å². The molecule has 0 radical (unpaired) electrons. The molecule has 2 amide bonds. The number of anilines is 2. The SMILES string of the molecule is Nc1ccc(Oc2cc(C(=O)NCCc3cc(O)c(O)c(O)c3)c(Oc3ccc(N)cc3)cc2C(=O)NCCc2cc(O)c(O)c(O)c2)cc1. The maximum atomic E-state index is 13.6. The number of hydrogen-bond acceptors (Lipinski definition) is 12. The van der Waals surface area contributed by atoms with Crippen molar-refractivity contribution < 1.29 is 49.7 Å². The van der Waals surface area contributed by atoms with Crippen LogP contribution in [0.4, 0.5) is 11.4 Å². The van der Waals surface area contributed by atoms with E-state index in [1.54, 1.807) is 48.5 Å². The zero-order chi connectivity index (χ0) is 35.9. The molecule has 0 fully saturated rings. The number of nitrogens with one attached hydrogen (secondary N) is 2. The Balaban J connectivity index is 1.46. The summed E-state index contributed by atoms with van der Waals surface area (Å²) in [7, 11) is 0. The van der Waals surface area contributed by atoms with Crippen molar-refractivity contribution in [2.24, 2.45) is 0 Å². The van der Waals surface area contributed by atoms with E-state index in [1.165, 1.54) is 36.4 Å². The smallest absolute Gasteiger partial charge is 0.255 e. The van der Waals surface area contributed by atoms with Crippen LogP contribution >= 0.6 is 0 Å². The zero-order valence-electron chi connectivity index (χ0n) is 26.4. The number of nitrogens with two attached hydrogens (primary N) is 2. The molecule has 0 saturated carbocycles. The molecule has 0 unspecified atom stereocenters. The Morgan fingerprint density at radius 1 is 0.520 bits per heavy atom. The third kappa shape index (κ3) is 8.30. The first-order valence-corrected chi connectivity index (χ1v) is 15.2. The van der Waals surface area contributed by atoms with Crippen LogP contribution in [0.1, 0.15) is 31.8 Å². The molecule has 0 heterocycles. The molecule has 258 valence electrons. The molecule has 0 saturated heterocycles. The minimum Gasteiger partial charge on any atom is -0.504 e. The second kappa shape index (κ2) is 14.9. The van der Waals surface area contributed by atoms with Gasteiger partial charge in [0.15, 0.2) is 34.5 Å². The standard InChI is InChI=1S/C36H34N4O10/c37-21-1-5-23(6-2-21)49-31-17-26(36(48)40-12-10-20-15-29(43)34(46)30(44)16-20)32(50-24-7-3-22(38)4-8-24)18-25(31)35(47)39-11-9-19-13-27(41)33(45)28(42)14-19/h1-8,13-18,41-46H,9-12,37-38H2,(H,39,47)(H,40,48). The van der Waals surface area contributed by atoms with Crippen LogP contribution in [0.3, 0.4) is 0 Å². The molecule has 0 atom stereocenters. The van der Waals surface area contributed by atoms with Crippen molar-refractivity contribution in [2.75, 3.05) is 24.6 Å². The number of aromatic hydroxyl groups is 6. The van der Waals surface area contributed by atoms with Crippen molar-refractivity contribution in [1.82, 2.24) is 10.6 Å². The Kier molecular flexibility index (Phi) is 10.2. The molecule has 0 aliphatic carbocycles. The summed E-state index contributed by atoms with van der Waals surface area (Å²) in [6.07, 6.45) is 0.348. The largest absolute Gasteiger partial charge is 0.504 e. The Morgan fingerprint density at radius 2 is 0.840 bits per heavy atom. The van der Waals surface area contributed by atoms with Crippen LogP contribution in [0.25, 0.3) is 0 Å². The highest BCUT2D eigenvalue weighted by molar-refractivity contribution is 6.02. The lowest BCUT2D eigenvalue weighted by molar-refractivity contribution is 0.0937. The van der Waals surface area contributed by atoms with Crippen molar-refractivity contribution >= 4 is 23.2 Å². The summed E-state index contributed by atoms with van der Waals surface area (Å²) in [6.45, 7) is 0.0884. The molecule has 5 aromatic carbocycles. The topological polar surface area (TPSA) is 250 Å². The summed E-state index contributed by atoms with van der Waals surface area (Å²) in [5, 5.41) is 64.1. The van der Waals surface area contributed by atoms with E-state index in [-0.39, 0.29) is 48.6 Å². The van der Waals surface area contributed by atoms with Gasteiger partial charge in [0.2, 0.25) is 0 Å². The van der Waals surface area contributed by atoms with Crippen LogP contribution in [0.5, 0.6) is 57.5 Å². The maximum absolute atomic E-state index is 13.6. The molecule has 12 N–H and O–H groups in total. The molecular weight excluding hydrogens is 648 g/mol. The van der Waals surface area contributed by atoms with Crippen molar-refractivity contribution in [3.63, 3.8) is 0 Å². The molecule has 0 spiro atoms. The molecule has 0 aliphatic rings. The van der Waals surface area contributed by atoms with Gasteiger partial charge >= 0.3 is 0 Å². The number of benzene rings is 5. The number of ether oxygens (including phenoxy) is 2. The predicted molar refractivity (Wildman–Crippen MR) is 183 cm³/mol. The van der Waals surface area contributed by atoms with Crippen LogP contribution in [0.15, 0.2) is 84.9 Å². The second-order valence-electron chi connectivity index (χ2n) is 11.2. The lowest BCUT2D eigenvalue weighted by Gasteiger charge is -2.18. The first-order chi connectivity index (χ1) is 23.9. The van der Waals surface area contributed by atoms with Crippen molar-refractivity contribution in [3.05, 3.63) is 107 Å². The molecule has 0 aliphatic heterocycles. The molecular formula is C36H34N4O10. The highest BCUT2D eigenvalue weighted by atomic mass is 16.5. The third-order valence-electron chi connectivity index (χ3n) is 7.44. The lowest BCUT2D eigenvalue weighted by atomic mass is 10.1. The van der Waals surface area contributed by atoms with Gasteiger partial charge < -0.3 is 62.2 Å². The van der Waals surface area contributed by atoms with Gasteiger partial charge in [-0.05, 0) is 109 Å².